The molecule has 1 N–H and O–H groups in total. The van der Waals surface area contributed by atoms with Gasteiger partial charge in [0, 0.05) is 10.7 Å². The lowest BCUT2D eigenvalue weighted by Gasteiger charge is -2.29. The lowest BCUT2D eigenvalue weighted by atomic mass is 10.1. The summed E-state index contributed by atoms with van der Waals surface area (Å²) in [5.74, 6) is -1.23. The maximum Gasteiger partial charge on any atom is 0.339 e. The standard InChI is InChI=1S/C20H22Cl2N2O5S/c1-5-29-20(26)16-11-15(8-9-17(16)22)23-19(25)13(3)24(30(4,27)28)18-10-14(21)7-6-12(18)2/h6-11,13H,5H2,1-4H3,(H,23,25). The van der Waals surface area contributed by atoms with Gasteiger partial charge in [0.1, 0.15) is 6.04 Å². The molecule has 0 aliphatic rings. The minimum absolute atomic E-state index is 0.0922. The van der Waals surface area contributed by atoms with Crippen molar-refractivity contribution in [2.24, 2.45) is 0 Å². The van der Waals surface area contributed by atoms with Crippen LogP contribution >= 0.6 is 23.2 Å². The molecule has 0 radical (unpaired) electrons. The van der Waals surface area contributed by atoms with Gasteiger partial charge >= 0.3 is 5.97 Å². The number of carbonyl (C=O) groups is 2. The quantitative estimate of drug-likeness (QED) is 0.607. The number of esters is 1. The molecule has 7 nitrogen and oxygen atoms in total. The van der Waals surface area contributed by atoms with Crippen LogP contribution in [-0.4, -0.2) is 39.2 Å². The van der Waals surface area contributed by atoms with Crippen molar-refractivity contribution in [3.63, 3.8) is 0 Å². The molecule has 0 spiro atoms. The van der Waals surface area contributed by atoms with Gasteiger partial charge in [-0.1, -0.05) is 29.3 Å². The second kappa shape index (κ2) is 9.68. The van der Waals surface area contributed by atoms with Crippen molar-refractivity contribution in [2.45, 2.75) is 26.8 Å². The Morgan fingerprint density at radius 1 is 1.17 bits per heavy atom. The number of hydrogen-bond acceptors (Lipinski definition) is 5. The maximum atomic E-state index is 12.9. The fourth-order valence-electron chi connectivity index (χ4n) is 2.82. The summed E-state index contributed by atoms with van der Waals surface area (Å²) in [5, 5.41) is 3.13. The first-order valence-corrected chi connectivity index (χ1v) is 11.6. The van der Waals surface area contributed by atoms with Gasteiger partial charge in [0.25, 0.3) is 0 Å². The molecule has 10 heteroatoms. The number of halogens is 2. The third-order valence-corrected chi connectivity index (χ3v) is 6.02. The van der Waals surface area contributed by atoms with Crippen LogP contribution in [0.25, 0.3) is 0 Å². The highest BCUT2D eigenvalue weighted by Crippen LogP contribution is 2.29. The van der Waals surface area contributed by atoms with E-state index in [4.69, 9.17) is 27.9 Å². The molecule has 0 aliphatic heterocycles. The Labute approximate surface area is 186 Å². The SMILES string of the molecule is CCOC(=O)c1cc(NC(=O)C(C)N(c2cc(Cl)ccc2C)S(C)(=O)=O)ccc1Cl. The zero-order valence-corrected chi connectivity index (χ0v) is 19.2. The van der Waals surface area contributed by atoms with Crippen LogP contribution in [0.4, 0.5) is 11.4 Å². The molecule has 0 fully saturated rings. The van der Waals surface area contributed by atoms with Gasteiger partial charge in [-0.2, -0.15) is 0 Å². The third-order valence-electron chi connectivity index (χ3n) is 4.23. The average molecular weight is 473 g/mol. The summed E-state index contributed by atoms with van der Waals surface area (Å²) in [4.78, 5) is 24.9. The molecular formula is C20H22Cl2N2O5S. The summed E-state index contributed by atoms with van der Waals surface area (Å²) in [6, 6.07) is 8.03. The molecule has 2 rings (SSSR count). The van der Waals surface area contributed by atoms with Crippen LogP contribution in [0.5, 0.6) is 0 Å². The zero-order valence-electron chi connectivity index (χ0n) is 16.9. The number of aryl methyl sites for hydroxylation is 1. The number of amides is 1. The van der Waals surface area contributed by atoms with Gasteiger partial charge in [0.05, 0.1) is 29.1 Å². The summed E-state index contributed by atoms with van der Waals surface area (Å²) in [6.45, 7) is 5.01. The first-order valence-electron chi connectivity index (χ1n) is 8.98. The summed E-state index contributed by atoms with van der Waals surface area (Å²) < 4.78 is 30.9. The topological polar surface area (TPSA) is 92.8 Å². The minimum Gasteiger partial charge on any atom is -0.462 e. The van der Waals surface area contributed by atoms with Crippen molar-refractivity contribution < 1.29 is 22.7 Å². The van der Waals surface area contributed by atoms with Crippen molar-refractivity contribution in [1.29, 1.82) is 0 Å². The average Bonchev–Trinajstić information content (AvgIpc) is 2.65. The van der Waals surface area contributed by atoms with E-state index >= 15 is 0 Å². The zero-order chi connectivity index (χ0) is 22.6. The summed E-state index contributed by atoms with van der Waals surface area (Å²) in [5.41, 5.74) is 1.31. The molecule has 0 heterocycles. The summed E-state index contributed by atoms with van der Waals surface area (Å²) in [7, 11) is -3.81. The second-order valence-electron chi connectivity index (χ2n) is 6.57. The molecule has 0 aromatic heterocycles. The molecule has 30 heavy (non-hydrogen) atoms. The molecule has 0 aliphatic carbocycles. The third kappa shape index (κ3) is 5.65. The molecule has 2 aromatic carbocycles. The van der Waals surface area contributed by atoms with Crippen molar-refractivity contribution >= 4 is 56.5 Å². The molecule has 1 amide bonds. The number of benzene rings is 2. The van der Waals surface area contributed by atoms with Crippen LogP contribution in [0, 0.1) is 6.92 Å². The Kier molecular flexibility index (Phi) is 7.74. The molecule has 1 atom stereocenters. The van der Waals surface area contributed by atoms with E-state index in [-0.39, 0.29) is 22.9 Å². The van der Waals surface area contributed by atoms with Gasteiger partial charge in [0.15, 0.2) is 0 Å². The van der Waals surface area contributed by atoms with E-state index < -0.39 is 27.9 Å². The number of carbonyl (C=O) groups excluding carboxylic acids is 2. The van der Waals surface area contributed by atoms with E-state index in [1.54, 1.807) is 26.0 Å². The number of ether oxygens (including phenoxy) is 1. The van der Waals surface area contributed by atoms with E-state index in [9.17, 15) is 18.0 Å². The van der Waals surface area contributed by atoms with Gasteiger partial charge < -0.3 is 10.1 Å². The molecule has 1 unspecified atom stereocenters. The Morgan fingerprint density at radius 2 is 1.83 bits per heavy atom. The molecular weight excluding hydrogens is 451 g/mol. The highest BCUT2D eigenvalue weighted by molar-refractivity contribution is 7.92. The predicted octanol–water partition coefficient (Wildman–Crippen LogP) is 4.27. The highest BCUT2D eigenvalue weighted by atomic mass is 35.5. The Balaban J connectivity index is 2.36. The van der Waals surface area contributed by atoms with Crippen LogP contribution in [0.1, 0.15) is 29.8 Å². The Bertz CT molecular complexity index is 1070. The monoisotopic (exact) mass is 472 g/mol. The number of nitrogens with one attached hydrogen (secondary N) is 1. The lowest BCUT2D eigenvalue weighted by molar-refractivity contribution is -0.116. The molecule has 0 bridgehead atoms. The van der Waals surface area contributed by atoms with Crippen LogP contribution in [0.3, 0.4) is 0 Å². The van der Waals surface area contributed by atoms with E-state index in [1.807, 2.05) is 0 Å². The van der Waals surface area contributed by atoms with E-state index in [1.165, 1.54) is 31.2 Å². The van der Waals surface area contributed by atoms with Gasteiger partial charge in [-0.3, -0.25) is 9.10 Å². The molecule has 0 saturated heterocycles. The fourth-order valence-corrected chi connectivity index (χ4v) is 4.40. The van der Waals surface area contributed by atoms with E-state index in [2.05, 4.69) is 5.32 Å². The molecule has 2 aromatic rings. The maximum absolute atomic E-state index is 12.9. The van der Waals surface area contributed by atoms with Gasteiger partial charge in [-0.15, -0.1) is 0 Å². The first kappa shape index (κ1) is 24.0. The smallest absolute Gasteiger partial charge is 0.339 e. The summed E-state index contributed by atoms with van der Waals surface area (Å²) in [6.07, 6.45) is 1.01. The van der Waals surface area contributed by atoms with Gasteiger partial charge in [-0.05, 0) is 56.7 Å². The van der Waals surface area contributed by atoms with Crippen LogP contribution < -0.4 is 9.62 Å². The van der Waals surface area contributed by atoms with Crippen molar-refractivity contribution in [3.05, 3.63) is 57.6 Å². The second-order valence-corrected chi connectivity index (χ2v) is 9.27. The molecule has 0 saturated carbocycles. The van der Waals surface area contributed by atoms with E-state index in [0.29, 0.717) is 16.3 Å². The normalized spacial score (nSPS) is 12.2. The van der Waals surface area contributed by atoms with Crippen LogP contribution in [0.15, 0.2) is 36.4 Å². The first-order chi connectivity index (χ1) is 14.0. The minimum atomic E-state index is -3.81. The van der Waals surface area contributed by atoms with Crippen molar-refractivity contribution in [3.8, 4) is 0 Å². The number of nitrogens with zero attached hydrogens (tertiary/aromatic N) is 1. The molecule has 162 valence electrons. The Hall–Kier alpha value is -2.29. The number of rotatable bonds is 7. The highest BCUT2D eigenvalue weighted by Gasteiger charge is 2.30. The lowest BCUT2D eigenvalue weighted by Crippen LogP contribution is -2.45. The predicted molar refractivity (Wildman–Crippen MR) is 119 cm³/mol. The van der Waals surface area contributed by atoms with Crippen LogP contribution in [-0.2, 0) is 19.6 Å². The van der Waals surface area contributed by atoms with E-state index in [0.717, 1.165) is 10.6 Å². The fraction of sp³-hybridized carbons (Fsp3) is 0.300. The number of anilines is 2. The van der Waals surface area contributed by atoms with Crippen molar-refractivity contribution in [2.75, 3.05) is 22.5 Å². The van der Waals surface area contributed by atoms with Gasteiger partial charge in [0.2, 0.25) is 15.9 Å². The van der Waals surface area contributed by atoms with Crippen molar-refractivity contribution in [1.82, 2.24) is 0 Å². The summed E-state index contributed by atoms with van der Waals surface area (Å²) >= 11 is 12.1. The number of hydrogen-bond donors (Lipinski definition) is 1. The Morgan fingerprint density at radius 3 is 2.43 bits per heavy atom. The van der Waals surface area contributed by atoms with Gasteiger partial charge in [-0.25, -0.2) is 13.2 Å². The van der Waals surface area contributed by atoms with Crippen LogP contribution in [0.2, 0.25) is 10.0 Å². The number of sulfonamides is 1. The largest absolute Gasteiger partial charge is 0.462 e.